The average molecular weight is 329 g/mol. The highest BCUT2D eigenvalue weighted by Crippen LogP contribution is 2.49. The molecule has 1 fully saturated rings. The predicted octanol–water partition coefficient (Wildman–Crippen LogP) is 1.80. The lowest BCUT2D eigenvalue weighted by Crippen LogP contribution is -2.47. The highest BCUT2D eigenvalue weighted by atomic mass is 35.5. The zero-order valence-electron chi connectivity index (χ0n) is 11.3. The fourth-order valence-electron chi connectivity index (χ4n) is 3.44. The normalized spacial score (nSPS) is 27.1. The number of aliphatic hydroxyl groups excluding tert-OH is 1. The van der Waals surface area contributed by atoms with Crippen molar-refractivity contribution in [3.8, 4) is 0 Å². The van der Waals surface area contributed by atoms with E-state index in [0.29, 0.717) is 28.7 Å². The summed E-state index contributed by atoms with van der Waals surface area (Å²) in [4.78, 5) is 25.9. The van der Waals surface area contributed by atoms with Gasteiger partial charge in [0, 0.05) is 18.3 Å². The predicted molar refractivity (Wildman–Crippen MR) is 79.6 cm³/mol. The molecule has 0 radical (unpaired) electrons. The van der Waals surface area contributed by atoms with Gasteiger partial charge in [-0.1, -0.05) is 23.2 Å². The summed E-state index contributed by atoms with van der Waals surface area (Å²) in [5, 5.41) is 12.6. The van der Waals surface area contributed by atoms with E-state index in [1.54, 1.807) is 12.1 Å². The van der Waals surface area contributed by atoms with Crippen LogP contribution in [-0.4, -0.2) is 41.0 Å². The minimum atomic E-state index is -0.825. The topological polar surface area (TPSA) is 69.6 Å². The van der Waals surface area contributed by atoms with Crippen molar-refractivity contribution in [3.05, 3.63) is 27.7 Å². The molecule has 2 atom stereocenters. The van der Waals surface area contributed by atoms with Crippen molar-refractivity contribution < 1.29 is 14.7 Å². The van der Waals surface area contributed by atoms with Crippen molar-refractivity contribution in [2.24, 2.45) is 0 Å². The monoisotopic (exact) mass is 328 g/mol. The number of halogens is 2. The number of rotatable bonds is 1. The summed E-state index contributed by atoms with van der Waals surface area (Å²) in [6.45, 7) is 1.68. The Kier molecular flexibility index (Phi) is 3.39. The third-order valence-electron chi connectivity index (χ3n) is 4.58. The lowest BCUT2D eigenvalue weighted by molar-refractivity contribution is -0.135. The summed E-state index contributed by atoms with van der Waals surface area (Å²) in [6, 6.07) is 2.98. The summed E-state index contributed by atoms with van der Waals surface area (Å²) < 4.78 is 0. The fourth-order valence-corrected chi connectivity index (χ4v) is 3.76. The minimum absolute atomic E-state index is 0.156. The molecule has 3 rings (SSSR count). The number of nitrogens with one attached hydrogen (secondary N) is 1. The van der Waals surface area contributed by atoms with Gasteiger partial charge in [0.25, 0.3) is 0 Å². The van der Waals surface area contributed by atoms with Crippen LogP contribution in [0.4, 0.5) is 5.69 Å². The number of benzene rings is 1. The first-order valence-electron chi connectivity index (χ1n) is 6.63. The van der Waals surface area contributed by atoms with Crippen molar-refractivity contribution in [2.75, 3.05) is 18.5 Å². The van der Waals surface area contributed by atoms with Gasteiger partial charge in [-0.25, -0.2) is 0 Å². The third-order valence-corrected chi connectivity index (χ3v) is 5.30. The van der Waals surface area contributed by atoms with E-state index in [-0.39, 0.29) is 17.9 Å². The van der Waals surface area contributed by atoms with Crippen LogP contribution < -0.4 is 5.32 Å². The summed E-state index contributed by atoms with van der Waals surface area (Å²) in [5.74, 6) is -0.530. The second-order valence-electron chi connectivity index (χ2n) is 5.41. The maximum Gasteiger partial charge on any atom is 0.248 e. The average Bonchev–Trinajstić information content (AvgIpc) is 2.92. The van der Waals surface area contributed by atoms with Crippen molar-refractivity contribution in [2.45, 2.75) is 24.8 Å². The van der Waals surface area contributed by atoms with Gasteiger partial charge in [-0.05, 0) is 31.0 Å². The quantitative estimate of drug-likeness (QED) is 0.825. The molecule has 2 heterocycles. The smallest absolute Gasteiger partial charge is 0.248 e. The van der Waals surface area contributed by atoms with Gasteiger partial charge < -0.3 is 15.3 Å². The van der Waals surface area contributed by atoms with Gasteiger partial charge in [-0.2, -0.15) is 0 Å². The first kappa shape index (κ1) is 14.6. The molecule has 0 bridgehead atoms. The molecule has 0 saturated carbocycles. The lowest BCUT2D eigenvalue weighted by atomic mass is 9.75. The van der Waals surface area contributed by atoms with Crippen LogP contribution in [0, 0.1) is 0 Å². The molecule has 21 heavy (non-hydrogen) atoms. The number of anilines is 1. The molecule has 2 amide bonds. The Morgan fingerprint density at radius 1 is 1.48 bits per heavy atom. The molecule has 0 aliphatic carbocycles. The zero-order valence-corrected chi connectivity index (χ0v) is 12.8. The molecule has 1 aromatic carbocycles. The fraction of sp³-hybridized carbons (Fsp3) is 0.429. The molecule has 1 saturated heterocycles. The van der Waals surface area contributed by atoms with Crippen molar-refractivity contribution in [3.63, 3.8) is 0 Å². The van der Waals surface area contributed by atoms with Crippen LogP contribution >= 0.6 is 23.2 Å². The number of nitrogens with zero attached hydrogens (tertiary/aromatic N) is 1. The van der Waals surface area contributed by atoms with Crippen LogP contribution in [0.5, 0.6) is 0 Å². The van der Waals surface area contributed by atoms with Crippen LogP contribution in [-0.2, 0) is 15.0 Å². The number of amides is 2. The van der Waals surface area contributed by atoms with Gasteiger partial charge in [0.1, 0.15) is 6.61 Å². The lowest BCUT2D eigenvalue weighted by Gasteiger charge is -2.30. The van der Waals surface area contributed by atoms with Crippen LogP contribution in [0.1, 0.15) is 18.9 Å². The van der Waals surface area contributed by atoms with Crippen molar-refractivity contribution >= 4 is 40.7 Å². The van der Waals surface area contributed by atoms with E-state index in [4.69, 9.17) is 28.3 Å². The van der Waals surface area contributed by atoms with E-state index in [9.17, 15) is 9.59 Å². The second-order valence-corrected chi connectivity index (χ2v) is 6.22. The Labute approximate surface area is 131 Å². The molecule has 112 valence electrons. The van der Waals surface area contributed by atoms with Crippen molar-refractivity contribution in [1.29, 1.82) is 0 Å². The van der Waals surface area contributed by atoms with Crippen LogP contribution in [0.2, 0.25) is 10.0 Å². The van der Waals surface area contributed by atoms with E-state index in [1.807, 2.05) is 6.92 Å². The first-order chi connectivity index (χ1) is 9.91. The van der Waals surface area contributed by atoms with Crippen LogP contribution in [0.25, 0.3) is 0 Å². The zero-order chi connectivity index (χ0) is 15.4. The van der Waals surface area contributed by atoms with Gasteiger partial charge in [-0.3, -0.25) is 9.59 Å². The van der Waals surface area contributed by atoms with E-state index in [0.717, 1.165) is 5.56 Å². The summed E-state index contributed by atoms with van der Waals surface area (Å²) >= 11 is 12.1. The standard InChI is InChI=1S/C14H14Cl2N2O3/c1-7-14(2-3-18(7)12(20)6-19)8-4-9(15)10(16)5-11(8)17-13(14)21/h4-5,7,19H,2-3,6H2,1H3,(H,17,21)/t7-,14?/m1/s1. The van der Waals surface area contributed by atoms with Crippen LogP contribution in [0.3, 0.4) is 0 Å². The molecule has 2 N–H and O–H groups in total. The second kappa shape index (κ2) is 4.87. The molecule has 2 aliphatic heterocycles. The molecule has 1 aromatic rings. The van der Waals surface area contributed by atoms with Gasteiger partial charge >= 0.3 is 0 Å². The minimum Gasteiger partial charge on any atom is -0.387 e. The van der Waals surface area contributed by atoms with E-state index in [2.05, 4.69) is 5.32 Å². The van der Waals surface area contributed by atoms with Gasteiger partial charge in [0.05, 0.1) is 15.5 Å². The highest BCUT2D eigenvalue weighted by molar-refractivity contribution is 6.42. The van der Waals surface area contributed by atoms with Crippen LogP contribution in [0.15, 0.2) is 12.1 Å². The number of fused-ring (bicyclic) bond motifs is 2. The number of hydrogen-bond acceptors (Lipinski definition) is 3. The third kappa shape index (κ3) is 1.88. The van der Waals surface area contributed by atoms with E-state index < -0.39 is 12.0 Å². The summed E-state index contributed by atoms with van der Waals surface area (Å²) in [7, 11) is 0. The Hall–Kier alpha value is -1.30. The number of likely N-dealkylation sites (tertiary alicyclic amines) is 1. The Morgan fingerprint density at radius 3 is 2.81 bits per heavy atom. The maximum atomic E-state index is 12.5. The molecule has 1 unspecified atom stereocenters. The highest BCUT2D eigenvalue weighted by Gasteiger charge is 2.57. The summed E-state index contributed by atoms with van der Waals surface area (Å²) in [5.41, 5.74) is 0.580. The molecule has 7 heteroatoms. The number of hydrogen-bond donors (Lipinski definition) is 2. The molecule has 1 spiro atoms. The largest absolute Gasteiger partial charge is 0.387 e. The molecular formula is C14H14Cl2N2O3. The molecule has 5 nitrogen and oxygen atoms in total. The van der Waals surface area contributed by atoms with E-state index in [1.165, 1.54) is 4.90 Å². The SMILES string of the molecule is C[C@H]1N(C(=O)CO)CCC12C(=O)Nc1cc(Cl)c(Cl)cc12. The number of aliphatic hydroxyl groups is 1. The Bertz CT molecular complexity index is 649. The van der Waals surface area contributed by atoms with Gasteiger partial charge in [-0.15, -0.1) is 0 Å². The first-order valence-corrected chi connectivity index (χ1v) is 7.38. The van der Waals surface area contributed by atoms with E-state index >= 15 is 0 Å². The molecular weight excluding hydrogens is 315 g/mol. The maximum absolute atomic E-state index is 12.5. The number of carbonyl (C=O) groups is 2. The molecule has 0 aromatic heterocycles. The number of carbonyl (C=O) groups excluding carboxylic acids is 2. The van der Waals surface area contributed by atoms with Crippen molar-refractivity contribution in [1.82, 2.24) is 4.90 Å². The van der Waals surface area contributed by atoms with Gasteiger partial charge in [0.2, 0.25) is 11.8 Å². The molecule has 2 aliphatic rings. The summed E-state index contributed by atoms with van der Waals surface area (Å²) in [6.07, 6.45) is 0.497. The Morgan fingerprint density at radius 2 is 2.14 bits per heavy atom. The van der Waals surface area contributed by atoms with Gasteiger partial charge in [0.15, 0.2) is 0 Å². The Balaban J connectivity index is 2.10.